The van der Waals surface area contributed by atoms with Crippen molar-refractivity contribution in [3.63, 3.8) is 0 Å². The molecule has 0 aromatic heterocycles. The molecule has 0 saturated carbocycles. The summed E-state index contributed by atoms with van der Waals surface area (Å²) >= 11 is 0. The van der Waals surface area contributed by atoms with Crippen LogP contribution in [0.25, 0.3) is 0 Å². The number of unbranched alkanes of at least 4 members (excludes halogenated alkanes) is 1. The van der Waals surface area contributed by atoms with Crippen LogP contribution in [0, 0.1) is 11.8 Å². The average molecular weight is 541 g/mol. The van der Waals surface area contributed by atoms with Crippen molar-refractivity contribution in [3.05, 3.63) is 0 Å². The third kappa shape index (κ3) is 0.157. The maximum absolute atomic E-state index is 11.4. The van der Waals surface area contributed by atoms with Crippen LogP contribution in [-0.2, 0) is 17.8 Å². The molecule has 3 nitrogen and oxygen atoms in total. The summed E-state index contributed by atoms with van der Waals surface area (Å²) in [6.45, 7) is -3.37. The summed E-state index contributed by atoms with van der Waals surface area (Å²) in [4.78, 5) is 37.6. The van der Waals surface area contributed by atoms with Gasteiger partial charge in [0.05, 0.1) is 0 Å². The first-order valence-electron chi connectivity index (χ1n) is 15.4. The van der Waals surface area contributed by atoms with E-state index >= 15 is 0 Å². The van der Waals surface area contributed by atoms with Crippen molar-refractivity contribution in [1.82, 2.24) is 5.32 Å². The van der Waals surface area contributed by atoms with Gasteiger partial charge in [0, 0.05) is 0 Å². The Morgan fingerprint density at radius 1 is 0.735 bits per heavy atom. The Labute approximate surface area is 179 Å². The molecule has 20 aliphatic heterocycles. The molecule has 20 heterocycles. The molecule has 34 heavy (non-hydrogen) atoms. The van der Waals surface area contributed by atoms with Gasteiger partial charge in [0.25, 0.3) is 0 Å². The van der Waals surface area contributed by atoms with Crippen molar-refractivity contribution in [2.75, 3.05) is 13.2 Å². The van der Waals surface area contributed by atoms with Crippen LogP contribution >= 0.6 is 0 Å². The van der Waals surface area contributed by atoms with Gasteiger partial charge in [-0.15, -0.1) is 0 Å². The fraction of sp³-hybridized carbons (Fsp3) is 0.966. The predicted molar refractivity (Wildman–Crippen MR) is 119 cm³/mol. The number of aliphatic hydroxyl groups is 1. The first kappa shape index (κ1) is 13.5. The van der Waals surface area contributed by atoms with Crippen molar-refractivity contribution < 1.29 is 22.9 Å². The van der Waals surface area contributed by atoms with Crippen LogP contribution in [-0.4, -0.2) is 24.2 Å². The number of rotatable bonds is 9. The van der Waals surface area contributed by atoms with Crippen LogP contribution in [0.5, 0.6) is 0 Å². The zero-order valence-corrected chi connectivity index (χ0v) is 21.9. The summed E-state index contributed by atoms with van der Waals surface area (Å²) in [6.07, 6.45) is 3.74. The Kier molecular flexibility index (Phi) is 0.477. The summed E-state index contributed by atoms with van der Waals surface area (Å²) in [5, 5.41) is 14.4. The molecule has 0 bridgehead atoms. The van der Waals surface area contributed by atoms with Gasteiger partial charge in [-0.25, -0.2) is 0 Å². The van der Waals surface area contributed by atoms with Crippen LogP contribution in [0.3, 0.4) is 0 Å². The van der Waals surface area contributed by atoms with Gasteiger partial charge >= 0.3 is 181 Å². The first-order valence-corrected chi connectivity index (χ1v) is 27.9. The second-order valence-electron chi connectivity index (χ2n) is 22.9. The Bertz CT molecular complexity index is 1980. The van der Waals surface area contributed by atoms with Crippen LogP contribution in [0.1, 0.15) is 26.2 Å². The van der Waals surface area contributed by atoms with Gasteiger partial charge in [0.15, 0.2) is 0 Å². The molecule has 2 N–H and O–H groups in total. The topological polar surface area (TPSA) is 49.3 Å². The van der Waals surface area contributed by atoms with Crippen LogP contribution < -0.4 is 5.32 Å². The minimum absolute atomic E-state index is 0.133. The molecule has 20 aliphatic rings. The summed E-state index contributed by atoms with van der Waals surface area (Å²) < 4.78 is 2.09. The van der Waals surface area contributed by atoms with Crippen molar-refractivity contribution in [2.45, 2.75) is 122 Å². The molecule has 0 aromatic rings. The van der Waals surface area contributed by atoms with Gasteiger partial charge in [-0.1, -0.05) is 0 Å². The zero-order valence-electron chi connectivity index (χ0n) is 19.6. The van der Waals surface area contributed by atoms with Gasteiger partial charge in [-0.3, -0.25) is 0 Å². The summed E-state index contributed by atoms with van der Waals surface area (Å²) in [5.41, 5.74) is 0. The third-order valence-corrected chi connectivity index (χ3v) is 118. The van der Waals surface area contributed by atoms with E-state index in [0.717, 1.165) is 27.5 Å². The van der Waals surface area contributed by atoms with Crippen molar-refractivity contribution in [1.29, 1.82) is 0 Å². The van der Waals surface area contributed by atoms with E-state index in [9.17, 15) is 9.90 Å². The fourth-order valence-corrected chi connectivity index (χ4v) is 187. The second kappa shape index (κ2) is 1.20. The summed E-state index contributed by atoms with van der Waals surface area (Å²) in [7, 11) is 0. The molecule has 9 atom stereocenters. The maximum atomic E-state index is 11.4. The molecule has 2 spiro atoms. The van der Waals surface area contributed by atoms with Gasteiger partial charge in [0.1, 0.15) is 0 Å². The number of aliphatic hydroxyl groups excluding tert-OH is 1. The fourth-order valence-electron chi connectivity index (χ4n) is 36.7. The number of fused-ring (bicyclic) bond motifs is 20. The monoisotopic (exact) mass is 541 g/mol. The molecule has 5 heteroatoms. The van der Waals surface area contributed by atoms with Gasteiger partial charge < -0.3 is 0 Å². The SMILES string of the molecule is CC(=O)NCCCCC(CO)C([C]12[CH]3[CH]4[CH]5[CH]1[Fe]45321678[CH]2[CH]1[CH]6[CH]7[CH]28)[C]12[CH]3[CH]4[CH]5[CH]1[Fe]45321678[CH]2[CH]1[CH]6[CH]7[CH]28. The Hall–Kier alpha value is 0.469. The van der Waals surface area contributed by atoms with Gasteiger partial charge in [-0.05, 0) is 0 Å². The van der Waals surface area contributed by atoms with E-state index in [1.165, 1.54) is 99.5 Å². The van der Waals surface area contributed by atoms with E-state index in [1.807, 2.05) is 0 Å². The van der Waals surface area contributed by atoms with E-state index in [1.54, 1.807) is 6.92 Å². The minimum atomic E-state index is -3.23. The van der Waals surface area contributed by atoms with E-state index in [4.69, 9.17) is 0 Å². The number of carbonyl (C=O) groups excluding carboxylic acids is 1. The predicted octanol–water partition coefficient (Wildman–Crippen LogP) is 7.04. The quantitative estimate of drug-likeness (QED) is 0.243. The summed E-state index contributed by atoms with van der Waals surface area (Å²) in [5.74, 6) is 1.98. The van der Waals surface area contributed by atoms with E-state index in [-0.39, 0.29) is 5.91 Å². The van der Waals surface area contributed by atoms with Gasteiger partial charge in [-0.2, -0.15) is 0 Å². The molecule has 20 rings (SSSR count). The van der Waals surface area contributed by atoms with Crippen molar-refractivity contribution in [3.8, 4) is 0 Å². The van der Waals surface area contributed by atoms with E-state index < -0.39 is 13.0 Å². The molecule has 184 valence electrons. The van der Waals surface area contributed by atoms with Crippen LogP contribution in [0.2, 0.25) is 95.3 Å². The third-order valence-electron chi connectivity index (χ3n) is 32.6. The summed E-state index contributed by atoms with van der Waals surface area (Å²) in [6, 6.07) is 0. The van der Waals surface area contributed by atoms with Crippen LogP contribution in [0.4, 0.5) is 0 Å². The first-order chi connectivity index (χ1) is 16.1. The number of nitrogens with one attached hydrogen (secondary N) is 1. The van der Waals surface area contributed by atoms with Crippen molar-refractivity contribution >= 4 is 5.91 Å². The van der Waals surface area contributed by atoms with Crippen LogP contribution in [0.15, 0.2) is 0 Å². The van der Waals surface area contributed by atoms with E-state index in [0.29, 0.717) is 12.5 Å². The molecule has 0 aliphatic carbocycles. The Balaban J connectivity index is 0.900. The molecular weight excluding hydrogens is 506 g/mol. The number of hydrogen-bond donors (Lipinski definition) is 2. The van der Waals surface area contributed by atoms with E-state index in [2.05, 4.69) is 5.32 Å². The molecule has 20 saturated heterocycles. The molecular formula is C29H35Fe2NO2. The number of hydrogen-bond acceptors (Lipinski definition) is 2. The normalized spacial score (nSPS) is 121. The molecule has 1 amide bonds. The van der Waals surface area contributed by atoms with Crippen molar-refractivity contribution in [2.24, 2.45) is 11.8 Å². The average Bonchev–Trinajstić information content (AvgIpc) is 3.71. The number of carbonyl (C=O) groups is 1. The number of amides is 1. The molecule has 20 fully saturated rings. The Morgan fingerprint density at radius 3 is 1.41 bits per heavy atom. The standard InChI is InChI=1S/C19H25NO2.2C5H5.2Fe/c1-15(22)20-13-7-6-12-18(14-21)19(16-8-2-3-9-16)17-10-4-5-11-17;2*1-2-4-5-3-1;;/h2-5,8-11,18-19,21H,6-7,12-14H2,1H3,(H,20,22);2*1-5H;;. The zero-order chi connectivity index (χ0) is 21.0. The molecule has 9 unspecified atom stereocenters. The second-order valence-corrected chi connectivity index (χ2v) is 70.1. The van der Waals surface area contributed by atoms with Gasteiger partial charge in [0.2, 0.25) is 0 Å². The molecule has 0 radical (unpaired) electrons. The molecule has 0 aromatic carbocycles. The Morgan fingerprint density at radius 2 is 1.15 bits per heavy atom.